The third kappa shape index (κ3) is 3.32. The molecule has 1 aromatic heterocycles. The molecule has 2 aromatic carbocycles. The van der Waals surface area contributed by atoms with E-state index in [0.29, 0.717) is 22.4 Å². The fourth-order valence-electron chi connectivity index (χ4n) is 4.38. The number of aromatic nitrogens is 1. The number of nitrogens with zero attached hydrogens (tertiary/aromatic N) is 3. The number of likely N-dealkylation sites (tertiary alicyclic amines) is 1. The predicted molar refractivity (Wildman–Crippen MR) is 116 cm³/mol. The number of hydrogen-bond donors (Lipinski definition) is 0. The van der Waals surface area contributed by atoms with E-state index in [0.717, 1.165) is 35.9 Å². The van der Waals surface area contributed by atoms with Gasteiger partial charge in [-0.2, -0.15) is 0 Å². The van der Waals surface area contributed by atoms with Gasteiger partial charge in [-0.15, -0.1) is 0 Å². The zero-order valence-corrected chi connectivity index (χ0v) is 17.8. The lowest BCUT2D eigenvalue weighted by Crippen LogP contribution is -2.36. The minimum absolute atomic E-state index is 0.0860. The first-order chi connectivity index (χ1) is 14.4. The van der Waals surface area contributed by atoms with Crippen LogP contribution in [-0.4, -0.2) is 35.4 Å². The third-order valence-corrected chi connectivity index (χ3v) is 6.97. The Morgan fingerprint density at radius 1 is 1.20 bits per heavy atom. The highest BCUT2D eigenvalue weighted by Crippen LogP contribution is 2.51. The molecule has 2 aliphatic rings. The topological polar surface area (TPSA) is 45.7 Å². The summed E-state index contributed by atoms with van der Waals surface area (Å²) < 4.78 is 19.8. The van der Waals surface area contributed by atoms with Crippen LogP contribution in [0.4, 0.5) is 15.2 Å². The fourth-order valence-corrected chi connectivity index (χ4v) is 5.30. The number of halogens is 2. The predicted octanol–water partition coefficient (Wildman–Crippen LogP) is 5.37. The Hall–Kier alpha value is -2.64. The Morgan fingerprint density at radius 3 is 2.63 bits per heavy atom. The van der Waals surface area contributed by atoms with Crippen molar-refractivity contribution in [1.82, 2.24) is 9.88 Å². The smallest absolute Gasteiger partial charge is 0.219 e. The first kappa shape index (κ1) is 19.3. The molecular formula is C22H19ClFN3O2S. The number of benzene rings is 2. The Kier molecular flexibility index (Phi) is 4.67. The summed E-state index contributed by atoms with van der Waals surface area (Å²) in [4.78, 5) is 20.6. The van der Waals surface area contributed by atoms with Crippen LogP contribution >= 0.6 is 22.9 Å². The standard InChI is InChI=1S/C22H19ClFN3O2S/c1-14(28)26-9-8-22(12-26)13-27(21-25-11-20(23)30-21)19-7-6-17(10-18(19)22)29-16-4-2-15(24)3-5-16/h2-7,10-11H,8-9,12-13H2,1H3. The lowest BCUT2D eigenvalue weighted by Gasteiger charge is -2.25. The van der Waals surface area contributed by atoms with E-state index in [4.69, 9.17) is 16.3 Å². The highest BCUT2D eigenvalue weighted by Gasteiger charge is 2.49. The summed E-state index contributed by atoms with van der Waals surface area (Å²) in [7, 11) is 0. The van der Waals surface area contributed by atoms with Crippen molar-refractivity contribution in [3.63, 3.8) is 0 Å². The summed E-state index contributed by atoms with van der Waals surface area (Å²) in [6.07, 6.45) is 2.53. The Bertz CT molecular complexity index is 1120. The number of thiazole rings is 1. The normalized spacial score (nSPS) is 20.1. The summed E-state index contributed by atoms with van der Waals surface area (Å²) in [6, 6.07) is 11.9. The number of rotatable bonds is 3. The molecule has 3 aromatic rings. The maximum absolute atomic E-state index is 13.2. The van der Waals surface area contributed by atoms with Crippen molar-refractivity contribution >= 4 is 39.7 Å². The maximum atomic E-state index is 13.2. The number of hydrogen-bond acceptors (Lipinski definition) is 5. The number of carbonyl (C=O) groups excluding carboxylic acids is 1. The molecule has 2 aliphatic heterocycles. The average molecular weight is 444 g/mol. The molecule has 5 rings (SSSR count). The van der Waals surface area contributed by atoms with Gasteiger partial charge in [0.25, 0.3) is 0 Å². The molecule has 0 saturated carbocycles. The van der Waals surface area contributed by atoms with Crippen molar-refractivity contribution in [1.29, 1.82) is 0 Å². The molecule has 0 radical (unpaired) electrons. The summed E-state index contributed by atoms with van der Waals surface area (Å²) in [5.74, 6) is 1.04. The largest absolute Gasteiger partial charge is 0.457 e. The molecule has 1 unspecified atom stereocenters. The second-order valence-corrected chi connectivity index (χ2v) is 9.38. The van der Waals surface area contributed by atoms with Crippen molar-refractivity contribution in [2.24, 2.45) is 0 Å². The van der Waals surface area contributed by atoms with Gasteiger partial charge in [0.15, 0.2) is 5.13 Å². The molecular weight excluding hydrogens is 425 g/mol. The van der Waals surface area contributed by atoms with Crippen LogP contribution in [0, 0.1) is 5.82 Å². The van der Waals surface area contributed by atoms with Gasteiger partial charge in [0.2, 0.25) is 5.91 Å². The molecule has 0 aliphatic carbocycles. The Labute approximate surface area is 182 Å². The van der Waals surface area contributed by atoms with Crippen LogP contribution in [0.5, 0.6) is 11.5 Å². The van der Waals surface area contributed by atoms with E-state index >= 15 is 0 Å². The van der Waals surface area contributed by atoms with Crippen LogP contribution in [0.15, 0.2) is 48.7 Å². The van der Waals surface area contributed by atoms with E-state index in [9.17, 15) is 9.18 Å². The van der Waals surface area contributed by atoms with Crippen LogP contribution < -0.4 is 9.64 Å². The van der Waals surface area contributed by atoms with E-state index in [1.54, 1.807) is 25.3 Å². The minimum atomic E-state index is -0.303. The number of anilines is 2. The zero-order chi connectivity index (χ0) is 20.9. The van der Waals surface area contributed by atoms with Gasteiger partial charge < -0.3 is 14.5 Å². The van der Waals surface area contributed by atoms with Gasteiger partial charge in [-0.05, 0) is 54.4 Å². The lowest BCUT2D eigenvalue weighted by atomic mass is 9.81. The summed E-state index contributed by atoms with van der Waals surface area (Å²) in [5, 5.41) is 0.839. The molecule has 1 fully saturated rings. The van der Waals surface area contributed by atoms with E-state index < -0.39 is 0 Å². The van der Waals surface area contributed by atoms with Gasteiger partial charge in [-0.3, -0.25) is 4.79 Å². The molecule has 1 spiro atoms. The zero-order valence-electron chi connectivity index (χ0n) is 16.3. The van der Waals surface area contributed by atoms with E-state index in [1.807, 2.05) is 23.1 Å². The van der Waals surface area contributed by atoms with Crippen molar-refractivity contribution < 1.29 is 13.9 Å². The molecule has 0 N–H and O–H groups in total. The molecule has 5 nitrogen and oxygen atoms in total. The molecule has 3 heterocycles. The van der Waals surface area contributed by atoms with E-state index in [-0.39, 0.29) is 17.1 Å². The Balaban J connectivity index is 1.54. The Morgan fingerprint density at radius 2 is 1.97 bits per heavy atom. The molecule has 154 valence electrons. The lowest BCUT2D eigenvalue weighted by molar-refractivity contribution is -0.127. The van der Waals surface area contributed by atoms with Gasteiger partial charge in [0.05, 0.1) is 6.20 Å². The van der Waals surface area contributed by atoms with Gasteiger partial charge in [0, 0.05) is 37.7 Å². The van der Waals surface area contributed by atoms with Crippen molar-refractivity contribution in [3.8, 4) is 11.5 Å². The van der Waals surface area contributed by atoms with Gasteiger partial charge >= 0.3 is 0 Å². The third-order valence-electron chi connectivity index (χ3n) is 5.84. The van der Waals surface area contributed by atoms with Crippen molar-refractivity contribution in [2.75, 3.05) is 24.5 Å². The second-order valence-electron chi connectivity index (χ2n) is 7.74. The van der Waals surface area contributed by atoms with E-state index in [2.05, 4.69) is 9.88 Å². The molecule has 1 saturated heterocycles. The fraction of sp³-hybridized carbons (Fsp3) is 0.273. The monoisotopic (exact) mass is 443 g/mol. The summed E-state index contributed by atoms with van der Waals surface area (Å²) in [5.41, 5.74) is 2.00. The highest BCUT2D eigenvalue weighted by atomic mass is 35.5. The average Bonchev–Trinajstić information content (AvgIpc) is 3.43. The maximum Gasteiger partial charge on any atom is 0.219 e. The minimum Gasteiger partial charge on any atom is -0.457 e. The number of amides is 1. The van der Waals surface area contributed by atoms with Crippen LogP contribution in [0.2, 0.25) is 4.34 Å². The van der Waals surface area contributed by atoms with Crippen molar-refractivity contribution in [3.05, 3.63) is 64.4 Å². The number of ether oxygens (including phenoxy) is 1. The molecule has 30 heavy (non-hydrogen) atoms. The van der Waals surface area contributed by atoms with Gasteiger partial charge in [0.1, 0.15) is 21.7 Å². The molecule has 1 atom stereocenters. The quantitative estimate of drug-likeness (QED) is 0.546. The van der Waals surface area contributed by atoms with Gasteiger partial charge in [-0.1, -0.05) is 22.9 Å². The molecule has 0 bridgehead atoms. The summed E-state index contributed by atoms with van der Waals surface area (Å²) in [6.45, 7) is 3.73. The van der Waals surface area contributed by atoms with Crippen LogP contribution in [-0.2, 0) is 10.2 Å². The SMILES string of the molecule is CC(=O)N1CCC2(C1)CN(c1ncc(Cl)s1)c1ccc(Oc3ccc(F)cc3)cc12. The van der Waals surface area contributed by atoms with E-state index in [1.165, 1.54) is 23.5 Å². The molecule has 8 heteroatoms. The summed E-state index contributed by atoms with van der Waals surface area (Å²) >= 11 is 7.58. The first-order valence-electron chi connectivity index (χ1n) is 9.66. The van der Waals surface area contributed by atoms with Crippen LogP contribution in [0.3, 0.4) is 0 Å². The number of carbonyl (C=O) groups is 1. The first-order valence-corrected chi connectivity index (χ1v) is 10.9. The van der Waals surface area contributed by atoms with Crippen LogP contribution in [0.25, 0.3) is 0 Å². The van der Waals surface area contributed by atoms with Crippen LogP contribution in [0.1, 0.15) is 18.9 Å². The molecule has 1 amide bonds. The second kappa shape index (κ2) is 7.25. The number of fused-ring (bicyclic) bond motifs is 2. The van der Waals surface area contributed by atoms with Crippen molar-refractivity contribution in [2.45, 2.75) is 18.8 Å². The highest BCUT2D eigenvalue weighted by molar-refractivity contribution is 7.19. The van der Waals surface area contributed by atoms with Gasteiger partial charge in [-0.25, -0.2) is 9.37 Å².